The topological polar surface area (TPSA) is 67.4 Å². The van der Waals surface area contributed by atoms with Gasteiger partial charge in [0.15, 0.2) is 0 Å². The fourth-order valence-corrected chi connectivity index (χ4v) is 2.56. The van der Waals surface area contributed by atoms with Crippen LogP contribution in [-0.4, -0.2) is 25.0 Å². The van der Waals surface area contributed by atoms with Crippen molar-refractivity contribution in [2.45, 2.75) is 13.8 Å². The molecule has 0 spiro atoms. The summed E-state index contributed by atoms with van der Waals surface area (Å²) in [5, 5.41) is 5.88. The Morgan fingerprint density at radius 3 is 2.46 bits per heavy atom. The van der Waals surface area contributed by atoms with Crippen LogP contribution in [0.5, 0.6) is 0 Å². The molecule has 2 aromatic carbocycles. The molecule has 6 heteroatoms. The van der Waals surface area contributed by atoms with Gasteiger partial charge >= 0.3 is 5.97 Å². The Hall–Kier alpha value is -2.34. The molecule has 0 radical (unpaired) electrons. The molecule has 0 bridgehead atoms. The van der Waals surface area contributed by atoms with Crippen LogP contribution >= 0.6 is 15.9 Å². The van der Waals surface area contributed by atoms with Crippen LogP contribution in [0.25, 0.3) is 0 Å². The Morgan fingerprint density at radius 1 is 1.12 bits per heavy atom. The number of benzene rings is 2. The molecule has 126 valence electrons. The lowest BCUT2D eigenvalue weighted by molar-refractivity contribution is -0.114. The van der Waals surface area contributed by atoms with Crippen LogP contribution in [0.4, 0.5) is 11.4 Å². The normalized spacial score (nSPS) is 10.1. The number of amides is 1. The molecule has 0 atom stereocenters. The molecular weight excluding hydrogens is 372 g/mol. The summed E-state index contributed by atoms with van der Waals surface area (Å²) in [6.45, 7) is 4.17. The van der Waals surface area contributed by atoms with Crippen molar-refractivity contribution in [1.29, 1.82) is 0 Å². The van der Waals surface area contributed by atoms with Crippen LogP contribution in [0.1, 0.15) is 22.8 Å². The van der Waals surface area contributed by atoms with Gasteiger partial charge in [-0.15, -0.1) is 0 Å². The Morgan fingerprint density at radius 2 is 1.83 bits per heavy atom. The summed E-state index contributed by atoms with van der Waals surface area (Å²) in [5.41, 5.74) is 3.00. The van der Waals surface area contributed by atoms with Gasteiger partial charge in [0.05, 0.1) is 18.7 Å². The zero-order chi connectivity index (χ0) is 17.5. The largest absolute Gasteiger partial charge is 0.462 e. The lowest BCUT2D eigenvalue weighted by atomic mass is 10.2. The SMILES string of the molecule is CCOC(=O)c1ccc(NCC(=O)Nc2ccc(Br)cc2C)cc1. The van der Waals surface area contributed by atoms with Gasteiger partial charge in [0.25, 0.3) is 0 Å². The van der Waals surface area contributed by atoms with Crippen molar-refractivity contribution in [2.24, 2.45) is 0 Å². The minimum atomic E-state index is -0.354. The van der Waals surface area contributed by atoms with Gasteiger partial charge in [0, 0.05) is 15.8 Å². The monoisotopic (exact) mass is 390 g/mol. The first-order valence-corrected chi connectivity index (χ1v) is 8.36. The van der Waals surface area contributed by atoms with Crippen molar-refractivity contribution in [3.8, 4) is 0 Å². The second-order valence-corrected chi connectivity index (χ2v) is 6.07. The molecule has 0 fully saturated rings. The number of halogens is 1. The molecule has 0 saturated carbocycles. The molecule has 2 rings (SSSR count). The fourth-order valence-electron chi connectivity index (χ4n) is 2.08. The highest BCUT2D eigenvalue weighted by Crippen LogP contribution is 2.20. The third kappa shape index (κ3) is 5.09. The number of nitrogens with one attached hydrogen (secondary N) is 2. The van der Waals surface area contributed by atoms with Crippen molar-refractivity contribution in [3.05, 3.63) is 58.1 Å². The number of anilines is 2. The molecule has 0 unspecified atom stereocenters. The van der Waals surface area contributed by atoms with E-state index in [0.717, 1.165) is 21.4 Å². The summed E-state index contributed by atoms with van der Waals surface area (Å²) in [6, 6.07) is 12.5. The zero-order valence-electron chi connectivity index (χ0n) is 13.6. The Bertz CT molecular complexity index is 730. The number of aryl methyl sites for hydroxylation is 1. The Kier molecular flexibility index (Phi) is 6.37. The summed E-state index contributed by atoms with van der Waals surface area (Å²) >= 11 is 3.39. The molecule has 0 aliphatic carbocycles. The van der Waals surface area contributed by atoms with E-state index in [0.29, 0.717) is 12.2 Å². The van der Waals surface area contributed by atoms with Gasteiger partial charge < -0.3 is 15.4 Å². The first-order valence-electron chi connectivity index (χ1n) is 7.56. The van der Waals surface area contributed by atoms with E-state index in [1.165, 1.54) is 0 Å². The molecule has 0 heterocycles. The Balaban J connectivity index is 1.88. The highest BCUT2D eigenvalue weighted by Gasteiger charge is 2.07. The standard InChI is InChI=1S/C18H19BrN2O3/c1-3-24-18(23)13-4-7-15(8-5-13)20-11-17(22)21-16-9-6-14(19)10-12(16)2/h4-10,20H,3,11H2,1-2H3,(H,21,22). The zero-order valence-corrected chi connectivity index (χ0v) is 15.1. The number of rotatable bonds is 6. The van der Waals surface area contributed by atoms with E-state index in [1.54, 1.807) is 31.2 Å². The number of carbonyl (C=O) groups is 2. The minimum absolute atomic E-state index is 0.133. The molecule has 0 aliphatic rings. The second kappa shape index (κ2) is 8.49. The van der Waals surface area contributed by atoms with E-state index in [2.05, 4.69) is 26.6 Å². The average Bonchev–Trinajstić information content (AvgIpc) is 2.56. The fraction of sp³-hybridized carbons (Fsp3) is 0.222. The predicted molar refractivity (Wildman–Crippen MR) is 98.4 cm³/mol. The first kappa shape index (κ1) is 18.0. The minimum Gasteiger partial charge on any atom is -0.462 e. The summed E-state index contributed by atoms with van der Waals surface area (Å²) < 4.78 is 5.90. The number of esters is 1. The maximum atomic E-state index is 12.0. The van der Waals surface area contributed by atoms with Crippen LogP contribution in [-0.2, 0) is 9.53 Å². The molecule has 1 amide bonds. The summed E-state index contributed by atoms with van der Waals surface area (Å²) in [4.78, 5) is 23.6. The van der Waals surface area contributed by atoms with E-state index >= 15 is 0 Å². The van der Waals surface area contributed by atoms with E-state index in [9.17, 15) is 9.59 Å². The van der Waals surface area contributed by atoms with E-state index in [1.807, 2.05) is 25.1 Å². The third-order valence-electron chi connectivity index (χ3n) is 3.31. The van der Waals surface area contributed by atoms with Gasteiger partial charge in [-0.3, -0.25) is 4.79 Å². The van der Waals surface area contributed by atoms with Crippen molar-refractivity contribution in [2.75, 3.05) is 23.8 Å². The molecule has 2 N–H and O–H groups in total. The molecule has 0 aromatic heterocycles. The number of hydrogen-bond donors (Lipinski definition) is 2. The molecule has 2 aromatic rings. The molecular formula is C18H19BrN2O3. The highest BCUT2D eigenvalue weighted by molar-refractivity contribution is 9.10. The Labute approximate surface area is 149 Å². The van der Waals surface area contributed by atoms with Crippen LogP contribution in [0.15, 0.2) is 46.9 Å². The van der Waals surface area contributed by atoms with Crippen LogP contribution in [0.3, 0.4) is 0 Å². The summed E-state index contributed by atoms with van der Waals surface area (Å²) in [6.07, 6.45) is 0. The molecule has 5 nitrogen and oxygen atoms in total. The summed E-state index contributed by atoms with van der Waals surface area (Å²) in [7, 11) is 0. The van der Waals surface area contributed by atoms with Gasteiger partial charge in [-0.25, -0.2) is 4.79 Å². The van der Waals surface area contributed by atoms with Gasteiger partial charge in [-0.05, 0) is 61.9 Å². The molecule has 0 saturated heterocycles. The molecule has 24 heavy (non-hydrogen) atoms. The second-order valence-electron chi connectivity index (χ2n) is 5.16. The van der Waals surface area contributed by atoms with Crippen molar-refractivity contribution in [1.82, 2.24) is 0 Å². The summed E-state index contributed by atoms with van der Waals surface area (Å²) in [5.74, 6) is -0.498. The molecule has 0 aliphatic heterocycles. The first-order chi connectivity index (χ1) is 11.5. The quantitative estimate of drug-likeness (QED) is 0.731. The average molecular weight is 391 g/mol. The van der Waals surface area contributed by atoms with Crippen LogP contribution in [0, 0.1) is 6.92 Å². The van der Waals surface area contributed by atoms with E-state index < -0.39 is 0 Å². The number of hydrogen-bond acceptors (Lipinski definition) is 4. The highest BCUT2D eigenvalue weighted by atomic mass is 79.9. The third-order valence-corrected chi connectivity index (χ3v) is 3.80. The maximum absolute atomic E-state index is 12.0. The number of carbonyl (C=O) groups excluding carboxylic acids is 2. The lowest BCUT2D eigenvalue weighted by Gasteiger charge is -2.10. The lowest BCUT2D eigenvalue weighted by Crippen LogP contribution is -2.22. The van der Waals surface area contributed by atoms with Crippen LogP contribution < -0.4 is 10.6 Å². The van der Waals surface area contributed by atoms with Crippen molar-refractivity contribution < 1.29 is 14.3 Å². The van der Waals surface area contributed by atoms with Gasteiger partial charge in [0.1, 0.15) is 0 Å². The van der Waals surface area contributed by atoms with Gasteiger partial charge in [-0.2, -0.15) is 0 Å². The van der Waals surface area contributed by atoms with E-state index in [-0.39, 0.29) is 18.4 Å². The smallest absolute Gasteiger partial charge is 0.338 e. The van der Waals surface area contributed by atoms with Gasteiger partial charge in [0.2, 0.25) is 5.91 Å². The van der Waals surface area contributed by atoms with Crippen molar-refractivity contribution >= 4 is 39.2 Å². The predicted octanol–water partition coefficient (Wildman–Crippen LogP) is 3.98. The van der Waals surface area contributed by atoms with E-state index in [4.69, 9.17) is 4.74 Å². The van der Waals surface area contributed by atoms with Crippen molar-refractivity contribution in [3.63, 3.8) is 0 Å². The number of ether oxygens (including phenoxy) is 1. The maximum Gasteiger partial charge on any atom is 0.338 e. The van der Waals surface area contributed by atoms with Crippen LogP contribution in [0.2, 0.25) is 0 Å². The van der Waals surface area contributed by atoms with Gasteiger partial charge in [-0.1, -0.05) is 15.9 Å².